The summed E-state index contributed by atoms with van der Waals surface area (Å²) >= 11 is 1.69. The Morgan fingerprint density at radius 1 is 1.15 bits per heavy atom. The topological polar surface area (TPSA) is 79.4 Å². The number of hydrogen-bond acceptors (Lipinski definition) is 6. The van der Waals surface area contributed by atoms with E-state index in [1.807, 2.05) is 18.2 Å². The van der Waals surface area contributed by atoms with Crippen LogP contribution in [0.5, 0.6) is 5.75 Å². The van der Waals surface area contributed by atoms with Crippen molar-refractivity contribution < 1.29 is 14.4 Å². The number of rotatable bonds is 10. The van der Waals surface area contributed by atoms with Crippen molar-refractivity contribution in [1.82, 2.24) is 9.55 Å². The number of hydrogen-bond donors (Lipinski definition) is 0. The number of nitro groups is 1. The molecule has 7 nitrogen and oxygen atoms in total. The van der Waals surface area contributed by atoms with Crippen molar-refractivity contribution in [1.29, 1.82) is 0 Å². The molecule has 0 amide bonds. The molecule has 0 N–H and O–H groups in total. The Kier molecular flexibility index (Phi) is 6.67. The van der Waals surface area contributed by atoms with Crippen LogP contribution >= 0.6 is 11.8 Å². The Balaban J connectivity index is 1.52. The fraction of sp³-hybridized carbons (Fsp3) is 0.316. The van der Waals surface area contributed by atoms with Crippen LogP contribution in [0.2, 0.25) is 0 Å². The van der Waals surface area contributed by atoms with E-state index < -0.39 is 4.92 Å². The molecule has 0 saturated carbocycles. The number of thioether (sulfide) groups is 1. The molecule has 0 fully saturated rings. The minimum absolute atomic E-state index is 0.0628. The number of nitrogens with zero attached hydrogens (tertiary/aromatic N) is 3. The fourth-order valence-corrected chi connectivity index (χ4v) is 3.59. The maximum Gasteiger partial charge on any atom is 0.269 e. The second kappa shape index (κ2) is 9.38. The zero-order valence-corrected chi connectivity index (χ0v) is 15.9. The zero-order chi connectivity index (χ0) is 19.1. The number of fused-ring (bicyclic) bond motifs is 1. The Morgan fingerprint density at radius 3 is 2.67 bits per heavy atom. The van der Waals surface area contributed by atoms with Crippen LogP contribution < -0.4 is 4.74 Å². The second-order valence-corrected chi connectivity index (χ2v) is 6.89. The minimum Gasteiger partial charge on any atom is -0.494 e. The average molecular weight is 387 g/mol. The quantitative estimate of drug-likeness (QED) is 0.225. The first kappa shape index (κ1) is 19.2. The number of imidazole rings is 1. The van der Waals surface area contributed by atoms with Crippen LogP contribution in [0, 0.1) is 10.1 Å². The van der Waals surface area contributed by atoms with E-state index in [-0.39, 0.29) is 5.69 Å². The molecule has 0 aliphatic heterocycles. The van der Waals surface area contributed by atoms with Gasteiger partial charge in [-0.15, -0.1) is 0 Å². The summed E-state index contributed by atoms with van der Waals surface area (Å²) in [6.45, 7) is 1.94. The average Bonchev–Trinajstić information content (AvgIpc) is 3.04. The number of ether oxygens (including phenoxy) is 2. The Morgan fingerprint density at radius 2 is 1.93 bits per heavy atom. The van der Waals surface area contributed by atoms with E-state index in [1.165, 1.54) is 12.1 Å². The van der Waals surface area contributed by atoms with Crippen LogP contribution in [0.4, 0.5) is 5.69 Å². The van der Waals surface area contributed by atoms with E-state index in [0.717, 1.165) is 34.9 Å². The standard InChI is InChI=1S/C19H21N3O4S/c1-25-13-11-21-18-6-3-2-5-17(18)20-19(21)27-14-4-12-26-16-9-7-15(8-10-16)22(23)24/h2-3,5-10H,4,11-14H2,1H3. The van der Waals surface area contributed by atoms with Crippen LogP contribution in [0.1, 0.15) is 6.42 Å². The summed E-state index contributed by atoms with van der Waals surface area (Å²) in [7, 11) is 1.70. The molecule has 0 spiro atoms. The Hall–Kier alpha value is -2.58. The predicted octanol–water partition coefficient (Wildman–Crippen LogP) is 4.15. The van der Waals surface area contributed by atoms with Crippen molar-refractivity contribution in [2.75, 3.05) is 26.1 Å². The first-order chi connectivity index (χ1) is 13.2. The van der Waals surface area contributed by atoms with Gasteiger partial charge in [-0.2, -0.15) is 0 Å². The van der Waals surface area contributed by atoms with Gasteiger partial charge in [-0.05, 0) is 30.7 Å². The summed E-state index contributed by atoms with van der Waals surface area (Å²) in [6, 6.07) is 14.2. The zero-order valence-electron chi connectivity index (χ0n) is 15.0. The van der Waals surface area contributed by atoms with Crippen molar-refractivity contribution >= 4 is 28.5 Å². The molecule has 1 heterocycles. The van der Waals surface area contributed by atoms with Gasteiger partial charge in [0.05, 0.1) is 29.2 Å². The highest BCUT2D eigenvalue weighted by Gasteiger charge is 2.10. The van der Waals surface area contributed by atoms with Crippen LogP contribution in [0.25, 0.3) is 11.0 Å². The van der Waals surface area contributed by atoms with Gasteiger partial charge >= 0.3 is 0 Å². The molecule has 0 atom stereocenters. The highest BCUT2D eigenvalue weighted by molar-refractivity contribution is 7.99. The van der Waals surface area contributed by atoms with E-state index in [1.54, 1.807) is 31.0 Å². The summed E-state index contributed by atoms with van der Waals surface area (Å²) in [4.78, 5) is 14.9. The van der Waals surface area contributed by atoms with Gasteiger partial charge in [-0.25, -0.2) is 4.98 Å². The van der Waals surface area contributed by atoms with Crippen molar-refractivity contribution in [2.45, 2.75) is 18.1 Å². The lowest BCUT2D eigenvalue weighted by atomic mass is 10.3. The highest BCUT2D eigenvalue weighted by atomic mass is 32.2. The molecule has 3 rings (SSSR count). The van der Waals surface area contributed by atoms with E-state index in [9.17, 15) is 10.1 Å². The number of non-ortho nitro benzene ring substituents is 1. The molecule has 0 aliphatic rings. The third kappa shape index (κ3) is 4.99. The van der Waals surface area contributed by atoms with Gasteiger partial charge in [0.2, 0.25) is 0 Å². The summed E-state index contributed by atoms with van der Waals surface area (Å²) < 4.78 is 13.0. The van der Waals surface area contributed by atoms with Crippen LogP contribution in [0.15, 0.2) is 53.7 Å². The smallest absolute Gasteiger partial charge is 0.269 e. The number of nitro benzene ring substituents is 1. The van der Waals surface area contributed by atoms with Gasteiger partial charge in [-0.3, -0.25) is 10.1 Å². The number of methoxy groups -OCH3 is 1. The largest absolute Gasteiger partial charge is 0.494 e. The van der Waals surface area contributed by atoms with Gasteiger partial charge in [-0.1, -0.05) is 23.9 Å². The second-order valence-electron chi connectivity index (χ2n) is 5.83. The third-order valence-electron chi connectivity index (χ3n) is 3.97. The molecular formula is C19H21N3O4S. The van der Waals surface area contributed by atoms with Crippen molar-refractivity contribution in [2.24, 2.45) is 0 Å². The maximum atomic E-state index is 10.7. The lowest BCUT2D eigenvalue weighted by Crippen LogP contribution is -2.06. The summed E-state index contributed by atoms with van der Waals surface area (Å²) in [5.74, 6) is 1.50. The first-order valence-electron chi connectivity index (χ1n) is 8.63. The number of benzene rings is 2. The molecule has 1 aromatic heterocycles. The Bertz CT molecular complexity index is 896. The molecule has 0 unspecified atom stereocenters. The van der Waals surface area contributed by atoms with E-state index in [0.29, 0.717) is 19.0 Å². The van der Waals surface area contributed by atoms with Crippen molar-refractivity contribution in [3.63, 3.8) is 0 Å². The van der Waals surface area contributed by atoms with Crippen LogP contribution in [0.3, 0.4) is 0 Å². The summed E-state index contributed by atoms with van der Waals surface area (Å²) in [5, 5.41) is 11.6. The highest BCUT2D eigenvalue weighted by Crippen LogP contribution is 2.25. The summed E-state index contributed by atoms with van der Waals surface area (Å²) in [6.07, 6.45) is 0.842. The third-order valence-corrected chi connectivity index (χ3v) is 5.04. The molecule has 142 valence electrons. The normalized spacial score (nSPS) is 11.0. The van der Waals surface area contributed by atoms with Crippen molar-refractivity contribution in [3.05, 3.63) is 58.6 Å². The van der Waals surface area contributed by atoms with Crippen LogP contribution in [-0.4, -0.2) is 40.6 Å². The molecule has 0 radical (unpaired) electrons. The van der Waals surface area contributed by atoms with E-state index in [4.69, 9.17) is 14.5 Å². The van der Waals surface area contributed by atoms with Gasteiger partial charge < -0.3 is 14.0 Å². The first-order valence-corrected chi connectivity index (χ1v) is 9.62. The molecule has 3 aromatic rings. The summed E-state index contributed by atoms with van der Waals surface area (Å²) in [5.41, 5.74) is 2.16. The fourth-order valence-electron chi connectivity index (χ4n) is 2.64. The van der Waals surface area contributed by atoms with Gasteiger partial charge in [0, 0.05) is 31.5 Å². The molecule has 2 aromatic carbocycles. The minimum atomic E-state index is -0.421. The Labute approximate surface area is 161 Å². The molecule has 8 heteroatoms. The number of aromatic nitrogens is 2. The van der Waals surface area contributed by atoms with Gasteiger partial charge in [0.1, 0.15) is 5.75 Å². The molecular weight excluding hydrogens is 366 g/mol. The molecule has 0 aliphatic carbocycles. The maximum absolute atomic E-state index is 10.7. The van der Waals surface area contributed by atoms with E-state index in [2.05, 4.69) is 10.6 Å². The molecule has 0 bridgehead atoms. The SMILES string of the molecule is COCCn1c(SCCCOc2ccc([N+](=O)[O-])cc2)nc2ccccc21. The van der Waals surface area contributed by atoms with Gasteiger partial charge in [0.15, 0.2) is 5.16 Å². The lowest BCUT2D eigenvalue weighted by molar-refractivity contribution is -0.384. The lowest BCUT2D eigenvalue weighted by Gasteiger charge is -2.09. The van der Waals surface area contributed by atoms with Crippen LogP contribution in [-0.2, 0) is 11.3 Å². The van der Waals surface area contributed by atoms with E-state index >= 15 is 0 Å². The predicted molar refractivity (Wildman–Crippen MR) is 106 cm³/mol. The van der Waals surface area contributed by atoms with Crippen molar-refractivity contribution in [3.8, 4) is 5.75 Å². The monoisotopic (exact) mass is 387 g/mol. The number of para-hydroxylation sites is 2. The molecule has 0 saturated heterocycles. The van der Waals surface area contributed by atoms with Gasteiger partial charge in [0.25, 0.3) is 5.69 Å². The molecule has 27 heavy (non-hydrogen) atoms.